The van der Waals surface area contributed by atoms with Crippen molar-refractivity contribution in [1.29, 1.82) is 0 Å². The van der Waals surface area contributed by atoms with E-state index in [9.17, 15) is 4.79 Å². The number of nitrogens with zero attached hydrogens (tertiary/aromatic N) is 2. The summed E-state index contributed by atoms with van der Waals surface area (Å²) in [6, 6.07) is 12.0. The van der Waals surface area contributed by atoms with E-state index in [1.165, 1.54) is 9.71 Å². The number of fused-ring (bicyclic) bond motifs is 1. The largest absolute Gasteiger partial charge is 0.484 e. The minimum atomic E-state index is 0.0352. The first kappa shape index (κ1) is 19.2. The zero-order valence-corrected chi connectivity index (χ0v) is 17.6. The quantitative estimate of drug-likeness (QED) is 0.577. The van der Waals surface area contributed by atoms with Gasteiger partial charge >= 0.3 is 0 Å². The van der Waals surface area contributed by atoms with Crippen LogP contribution in [0.25, 0.3) is 10.2 Å². The third-order valence-electron chi connectivity index (χ3n) is 5.28. The Labute approximate surface area is 174 Å². The van der Waals surface area contributed by atoms with Gasteiger partial charge in [-0.25, -0.2) is 4.98 Å². The van der Waals surface area contributed by atoms with E-state index >= 15 is 0 Å². The number of carbonyl (C=O) groups is 1. The van der Waals surface area contributed by atoms with Gasteiger partial charge in [0, 0.05) is 24.0 Å². The molecule has 1 fully saturated rings. The zero-order valence-electron chi connectivity index (χ0n) is 16.1. The number of halogens is 1. The highest BCUT2D eigenvalue weighted by Crippen LogP contribution is 2.34. The number of ether oxygens (including phenoxy) is 1. The number of likely N-dealkylation sites (tertiary alicyclic amines) is 1. The van der Waals surface area contributed by atoms with E-state index in [4.69, 9.17) is 21.3 Å². The van der Waals surface area contributed by atoms with Gasteiger partial charge in [-0.05, 0) is 62.1 Å². The molecule has 4 rings (SSSR count). The fraction of sp³-hybridized carbons (Fsp3) is 0.364. The van der Waals surface area contributed by atoms with Crippen molar-refractivity contribution in [1.82, 2.24) is 9.88 Å². The number of aromatic nitrogens is 1. The Morgan fingerprint density at radius 2 is 1.89 bits per heavy atom. The molecule has 1 amide bonds. The Morgan fingerprint density at radius 3 is 2.57 bits per heavy atom. The first-order chi connectivity index (χ1) is 13.5. The van der Waals surface area contributed by atoms with Crippen molar-refractivity contribution < 1.29 is 9.53 Å². The number of aryl methyl sites for hydroxylation is 2. The molecular weight excluding hydrogens is 392 g/mol. The average molecular weight is 415 g/mol. The van der Waals surface area contributed by atoms with E-state index in [1.54, 1.807) is 11.3 Å². The van der Waals surface area contributed by atoms with Gasteiger partial charge in [-0.3, -0.25) is 4.79 Å². The van der Waals surface area contributed by atoms with Gasteiger partial charge in [0.1, 0.15) is 5.75 Å². The van der Waals surface area contributed by atoms with Crippen LogP contribution >= 0.6 is 22.9 Å². The summed E-state index contributed by atoms with van der Waals surface area (Å²) < 4.78 is 6.96. The van der Waals surface area contributed by atoms with E-state index in [-0.39, 0.29) is 12.5 Å². The van der Waals surface area contributed by atoms with E-state index in [2.05, 4.69) is 18.2 Å². The maximum Gasteiger partial charge on any atom is 0.260 e. The van der Waals surface area contributed by atoms with Crippen LogP contribution in [-0.2, 0) is 4.79 Å². The molecule has 28 heavy (non-hydrogen) atoms. The van der Waals surface area contributed by atoms with Gasteiger partial charge in [0.05, 0.1) is 15.2 Å². The third kappa shape index (κ3) is 4.01. The van der Waals surface area contributed by atoms with E-state index in [0.29, 0.717) is 11.7 Å². The highest BCUT2D eigenvalue weighted by molar-refractivity contribution is 7.18. The number of piperidine rings is 1. The molecule has 1 aliphatic rings. The van der Waals surface area contributed by atoms with Crippen LogP contribution in [0, 0.1) is 13.8 Å². The topological polar surface area (TPSA) is 42.4 Å². The van der Waals surface area contributed by atoms with Crippen LogP contribution in [0.1, 0.15) is 34.9 Å². The lowest BCUT2D eigenvalue weighted by molar-refractivity contribution is -0.134. The van der Waals surface area contributed by atoms with Crippen LogP contribution in [0.5, 0.6) is 5.75 Å². The second kappa shape index (κ2) is 8.10. The zero-order chi connectivity index (χ0) is 19.7. The summed E-state index contributed by atoms with van der Waals surface area (Å²) >= 11 is 7.96. The number of hydrogen-bond acceptors (Lipinski definition) is 4. The standard InChI is InChI=1S/C22H23ClN2O2S/c1-14-11-17(12-15(2)21(14)23)27-13-20(26)25-9-7-16(8-10-25)22-24-18-5-3-4-6-19(18)28-22/h3-6,11-12,16H,7-10,13H2,1-2H3. The Bertz CT molecular complexity index is 953. The summed E-state index contributed by atoms with van der Waals surface area (Å²) in [5.41, 5.74) is 2.99. The Kier molecular flexibility index (Phi) is 5.56. The van der Waals surface area contributed by atoms with Crippen molar-refractivity contribution in [2.24, 2.45) is 0 Å². The van der Waals surface area contributed by atoms with Gasteiger partial charge in [-0.1, -0.05) is 23.7 Å². The minimum Gasteiger partial charge on any atom is -0.484 e. The number of para-hydroxylation sites is 1. The molecule has 146 valence electrons. The van der Waals surface area contributed by atoms with Gasteiger partial charge in [0.25, 0.3) is 5.91 Å². The van der Waals surface area contributed by atoms with Gasteiger partial charge in [-0.15, -0.1) is 11.3 Å². The van der Waals surface area contributed by atoms with Gasteiger partial charge in [0.2, 0.25) is 0 Å². The molecule has 0 bridgehead atoms. The SMILES string of the molecule is Cc1cc(OCC(=O)N2CCC(c3nc4ccccc4s3)CC2)cc(C)c1Cl. The predicted molar refractivity (Wildman–Crippen MR) is 115 cm³/mol. The average Bonchev–Trinajstić information content (AvgIpc) is 3.14. The number of rotatable bonds is 4. The summed E-state index contributed by atoms with van der Waals surface area (Å²) in [5, 5.41) is 1.94. The number of thiazole rings is 1. The van der Waals surface area contributed by atoms with Crippen molar-refractivity contribution in [3.8, 4) is 5.75 Å². The number of amides is 1. The molecule has 1 aromatic heterocycles. The van der Waals surface area contributed by atoms with E-state index < -0.39 is 0 Å². The molecule has 0 aliphatic carbocycles. The normalized spacial score (nSPS) is 15.2. The summed E-state index contributed by atoms with van der Waals surface area (Å²) in [6.07, 6.45) is 1.90. The molecule has 0 radical (unpaired) electrons. The molecule has 6 heteroatoms. The Balaban J connectivity index is 1.32. The lowest BCUT2D eigenvalue weighted by atomic mass is 9.97. The van der Waals surface area contributed by atoms with Crippen molar-refractivity contribution in [2.45, 2.75) is 32.6 Å². The fourth-order valence-corrected chi connectivity index (χ4v) is 4.91. The monoisotopic (exact) mass is 414 g/mol. The van der Waals surface area contributed by atoms with E-state index in [1.807, 2.05) is 36.9 Å². The summed E-state index contributed by atoms with van der Waals surface area (Å²) in [4.78, 5) is 19.2. The Morgan fingerprint density at radius 1 is 1.21 bits per heavy atom. The molecule has 0 spiro atoms. The highest BCUT2D eigenvalue weighted by atomic mass is 35.5. The number of carbonyl (C=O) groups excluding carboxylic acids is 1. The van der Waals surface area contributed by atoms with Crippen LogP contribution in [0.15, 0.2) is 36.4 Å². The molecule has 0 unspecified atom stereocenters. The lowest BCUT2D eigenvalue weighted by Gasteiger charge is -2.31. The smallest absolute Gasteiger partial charge is 0.260 e. The Hall–Kier alpha value is -2.11. The minimum absolute atomic E-state index is 0.0352. The maximum atomic E-state index is 12.6. The molecule has 1 saturated heterocycles. The van der Waals surface area contributed by atoms with Gasteiger partial charge in [-0.2, -0.15) is 0 Å². The van der Waals surface area contributed by atoms with Crippen LogP contribution in [0.4, 0.5) is 0 Å². The van der Waals surface area contributed by atoms with Crippen LogP contribution < -0.4 is 4.74 Å². The molecular formula is C22H23ClN2O2S. The molecule has 0 N–H and O–H groups in total. The highest BCUT2D eigenvalue weighted by Gasteiger charge is 2.26. The molecule has 0 saturated carbocycles. The fourth-order valence-electron chi connectivity index (χ4n) is 3.67. The van der Waals surface area contributed by atoms with Crippen molar-refractivity contribution in [3.63, 3.8) is 0 Å². The van der Waals surface area contributed by atoms with Crippen LogP contribution in [-0.4, -0.2) is 35.5 Å². The molecule has 1 aliphatic heterocycles. The molecule has 4 nitrogen and oxygen atoms in total. The molecule has 2 heterocycles. The molecule has 3 aromatic rings. The molecule has 2 aromatic carbocycles. The third-order valence-corrected chi connectivity index (χ3v) is 7.07. The van der Waals surface area contributed by atoms with Crippen LogP contribution in [0.2, 0.25) is 5.02 Å². The van der Waals surface area contributed by atoms with Gasteiger partial charge < -0.3 is 9.64 Å². The molecule has 0 atom stereocenters. The maximum absolute atomic E-state index is 12.6. The predicted octanol–water partition coefficient (Wildman–Crippen LogP) is 5.35. The first-order valence-corrected chi connectivity index (χ1v) is 10.7. The lowest BCUT2D eigenvalue weighted by Crippen LogP contribution is -2.40. The summed E-state index contributed by atoms with van der Waals surface area (Å²) in [6.45, 7) is 5.45. The first-order valence-electron chi connectivity index (χ1n) is 9.54. The second-order valence-electron chi connectivity index (χ2n) is 7.33. The van der Waals surface area contributed by atoms with Gasteiger partial charge in [0.15, 0.2) is 6.61 Å². The van der Waals surface area contributed by atoms with Crippen molar-refractivity contribution >= 4 is 39.1 Å². The van der Waals surface area contributed by atoms with Crippen LogP contribution in [0.3, 0.4) is 0 Å². The second-order valence-corrected chi connectivity index (χ2v) is 8.77. The summed E-state index contributed by atoms with van der Waals surface area (Å²) in [5.74, 6) is 1.16. The number of hydrogen-bond donors (Lipinski definition) is 0. The summed E-state index contributed by atoms with van der Waals surface area (Å²) in [7, 11) is 0. The van der Waals surface area contributed by atoms with Crippen molar-refractivity contribution in [2.75, 3.05) is 19.7 Å². The van der Waals surface area contributed by atoms with E-state index in [0.717, 1.165) is 47.6 Å². The van der Waals surface area contributed by atoms with Crippen molar-refractivity contribution in [3.05, 3.63) is 57.6 Å². The number of benzene rings is 2.